The highest BCUT2D eigenvalue weighted by Gasteiger charge is 2.30. The highest BCUT2D eigenvalue weighted by atomic mass is 32.1. The smallest absolute Gasteiger partial charge is 0.324 e. The van der Waals surface area contributed by atoms with Crippen molar-refractivity contribution >= 4 is 17.3 Å². The van der Waals surface area contributed by atoms with Gasteiger partial charge in [0.05, 0.1) is 17.8 Å². The SMILES string of the molecule is CCOC(=O)C1CNCCN1Cc1scnc1C. The zero-order valence-electron chi connectivity index (χ0n) is 10.8. The van der Waals surface area contributed by atoms with Crippen LogP contribution in [0.25, 0.3) is 0 Å². The van der Waals surface area contributed by atoms with E-state index in [-0.39, 0.29) is 12.0 Å². The number of thiazole rings is 1. The Labute approximate surface area is 111 Å². The summed E-state index contributed by atoms with van der Waals surface area (Å²) in [7, 11) is 0. The van der Waals surface area contributed by atoms with Gasteiger partial charge in [0.2, 0.25) is 0 Å². The molecule has 1 N–H and O–H groups in total. The van der Waals surface area contributed by atoms with Crippen molar-refractivity contribution in [2.45, 2.75) is 26.4 Å². The molecular weight excluding hydrogens is 250 g/mol. The van der Waals surface area contributed by atoms with Crippen LogP contribution in [0.15, 0.2) is 5.51 Å². The van der Waals surface area contributed by atoms with Crippen LogP contribution in [0.5, 0.6) is 0 Å². The number of aromatic nitrogens is 1. The summed E-state index contributed by atoms with van der Waals surface area (Å²) in [4.78, 5) is 19.6. The fourth-order valence-electron chi connectivity index (χ4n) is 2.07. The molecule has 1 saturated heterocycles. The maximum atomic E-state index is 11.9. The van der Waals surface area contributed by atoms with Crippen molar-refractivity contribution in [3.05, 3.63) is 16.1 Å². The molecule has 2 rings (SSSR count). The van der Waals surface area contributed by atoms with Crippen molar-refractivity contribution in [2.24, 2.45) is 0 Å². The van der Waals surface area contributed by atoms with Gasteiger partial charge in [-0.05, 0) is 13.8 Å². The molecule has 5 nitrogen and oxygen atoms in total. The molecule has 1 atom stereocenters. The van der Waals surface area contributed by atoms with Crippen LogP contribution in [0.1, 0.15) is 17.5 Å². The lowest BCUT2D eigenvalue weighted by atomic mass is 10.2. The molecule has 0 saturated carbocycles. The minimum Gasteiger partial charge on any atom is -0.465 e. The molecule has 18 heavy (non-hydrogen) atoms. The molecule has 0 aliphatic carbocycles. The molecule has 1 unspecified atom stereocenters. The largest absolute Gasteiger partial charge is 0.465 e. The van der Waals surface area contributed by atoms with Gasteiger partial charge < -0.3 is 10.1 Å². The third kappa shape index (κ3) is 3.07. The number of piperazine rings is 1. The van der Waals surface area contributed by atoms with E-state index in [0.717, 1.165) is 25.3 Å². The number of rotatable bonds is 4. The van der Waals surface area contributed by atoms with Crippen LogP contribution in [-0.4, -0.2) is 48.1 Å². The van der Waals surface area contributed by atoms with E-state index in [1.165, 1.54) is 4.88 Å². The number of esters is 1. The van der Waals surface area contributed by atoms with Crippen molar-refractivity contribution in [2.75, 3.05) is 26.2 Å². The van der Waals surface area contributed by atoms with Gasteiger partial charge in [0.1, 0.15) is 6.04 Å². The lowest BCUT2D eigenvalue weighted by Gasteiger charge is -2.34. The number of aryl methyl sites for hydroxylation is 1. The van der Waals surface area contributed by atoms with E-state index in [1.54, 1.807) is 11.3 Å². The van der Waals surface area contributed by atoms with Gasteiger partial charge in [-0.15, -0.1) is 11.3 Å². The van der Waals surface area contributed by atoms with Crippen molar-refractivity contribution < 1.29 is 9.53 Å². The Kier molecular flexibility index (Phi) is 4.68. The fraction of sp³-hybridized carbons (Fsp3) is 0.667. The number of nitrogens with zero attached hydrogens (tertiary/aromatic N) is 2. The van der Waals surface area contributed by atoms with E-state index in [2.05, 4.69) is 15.2 Å². The van der Waals surface area contributed by atoms with Gasteiger partial charge in [-0.1, -0.05) is 0 Å². The molecule has 0 amide bonds. The summed E-state index contributed by atoms with van der Waals surface area (Å²) in [6, 6.07) is -0.180. The van der Waals surface area contributed by atoms with E-state index in [0.29, 0.717) is 13.2 Å². The minimum absolute atomic E-state index is 0.133. The van der Waals surface area contributed by atoms with Crippen molar-refractivity contribution in [1.29, 1.82) is 0 Å². The summed E-state index contributed by atoms with van der Waals surface area (Å²) in [5.74, 6) is -0.133. The summed E-state index contributed by atoms with van der Waals surface area (Å²) in [6.45, 7) is 7.49. The average molecular weight is 269 g/mol. The molecule has 0 bridgehead atoms. The topological polar surface area (TPSA) is 54.5 Å². The van der Waals surface area contributed by atoms with Gasteiger partial charge in [-0.25, -0.2) is 4.98 Å². The first-order chi connectivity index (χ1) is 8.72. The molecule has 1 fully saturated rings. The number of hydrogen-bond acceptors (Lipinski definition) is 6. The molecule has 100 valence electrons. The monoisotopic (exact) mass is 269 g/mol. The highest BCUT2D eigenvalue weighted by Crippen LogP contribution is 2.17. The highest BCUT2D eigenvalue weighted by molar-refractivity contribution is 7.09. The number of ether oxygens (including phenoxy) is 1. The number of carbonyl (C=O) groups is 1. The molecule has 6 heteroatoms. The summed E-state index contributed by atoms with van der Waals surface area (Å²) in [5.41, 5.74) is 2.91. The predicted molar refractivity (Wildman–Crippen MR) is 70.6 cm³/mol. The van der Waals surface area contributed by atoms with E-state index in [4.69, 9.17) is 4.74 Å². The van der Waals surface area contributed by atoms with E-state index in [9.17, 15) is 4.79 Å². The van der Waals surface area contributed by atoms with Gasteiger partial charge in [0, 0.05) is 31.1 Å². The van der Waals surface area contributed by atoms with E-state index >= 15 is 0 Å². The Hall–Kier alpha value is -0.980. The quantitative estimate of drug-likeness (QED) is 0.819. The fourth-order valence-corrected chi connectivity index (χ4v) is 2.87. The standard InChI is InChI=1S/C12H19N3O2S/c1-3-17-12(16)10-6-13-4-5-15(10)7-11-9(2)14-8-18-11/h8,10,13H,3-7H2,1-2H3. The van der Waals surface area contributed by atoms with Crippen LogP contribution in [0, 0.1) is 6.92 Å². The zero-order chi connectivity index (χ0) is 13.0. The molecule has 0 aromatic carbocycles. The Morgan fingerprint density at radius 2 is 2.56 bits per heavy atom. The molecular formula is C12H19N3O2S. The summed E-state index contributed by atoms with van der Waals surface area (Å²) >= 11 is 1.64. The minimum atomic E-state index is -0.180. The molecule has 1 aliphatic rings. The predicted octanol–water partition coefficient (Wildman–Crippen LogP) is 0.788. The second-order valence-corrected chi connectivity index (χ2v) is 5.24. The summed E-state index contributed by atoms with van der Waals surface area (Å²) in [6.07, 6.45) is 0. The first kappa shape index (κ1) is 13.5. The van der Waals surface area contributed by atoms with Gasteiger partial charge >= 0.3 is 5.97 Å². The Morgan fingerprint density at radius 1 is 1.72 bits per heavy atom. The Bertz CT molecular complexity index is 408. The first-order valence-corrected chi connectivity index (χ1v) is 7.10. The number of carbonyl (C=O) groups excluding carboxylic acids is 1. The number of nitrogens with one attached hydrogen (secondary N) is 1. The average Bonchev–Trinajstić information content (AvgIpc) is 2.76. The second kappa shape index (κ2) is 6.26. The van der Waals surface area contributed by atoms with Crippen LogP contribution in [-0.2, 0) is 16.1 Å². The maximum Gasteiger partial charge on any atom is 0.324 e. The molecule has 2 heterocycles. The second-order valence-electron chi connectivity index (χ2n) is 4.30. The summed E-state index contributed by atoms with van der Waals surface area (Å²) in [5, 5.41) is 3.24. The first-order valence-electron chi connectivity index (χ1n) is 6.22. The van der Waals surface area contributed by atoms with Crippen LogP contribution >= 0.6 is 11.3 Å². The van der Waals surface area contributed by atoms with Crippen LogP contribution < -0.4 is 5.32 Å². The maximum absolute atomic E-state index is 11.9. The van der Waals surface area contributed by atoms with E-state index < -0.39 is 0 Å². The number of hydrogen-bond donors (Lipinski definition) is 1. The van der Waals surface area contributed by atoms with Gasteiger partial charge in [-0.3, -0.25) is 9.69 Å². The Balaban J connectivity index is 2.04. The summed E-state index contributed by atoms with van der Waals surface area (Å²) < 4.78 is 5.13. The van der Waals surface area contributed by atoms with Crippen LogP contribution in [0.4, 0.5) is 0 Å². The zero-order valence-corrected chi connectivity index (χ0v) is 11.6. The third-order valence-electron chi connectivity index (χ3n) is 3.10. The molecule has 1 aromatic heterocycles. The van der Waals surface area contributed by atoms with Crippen molar-refractivity contribution in [3.63, 3.8) is 0 Å². The molecule has 0 spiro atoms. The Morgan fingerprint density at radius 3 is 3.22 bits per heavy atom. The lowest BCUT2D eigenvalue weighted by molar-refractivity contribution is -0.150. The van der Waals surface area contributed by atoms with Crippen LogP contribution in [0.2, 0.25) is 0 Å². The van der Waals surface area contributed by atoms with E-state index in [1.807, 2.05) is 19.4 Å². The van der Waals surface area contributed by atoms with Crippen molar-refractivity contribution in [3.8, 4) is 0 Å². The van der Waals surface area contributed by atoms with Gasteiger partial charge in [-0.2, -0.15) is 0 Å². The third-order valence-corrected chi connectivity index (χ3v) is 4.02. The normalized spacial score (nSPS) is 20.9. The van der Waals surface area contributed by atoms with Gasteiger partial charge in [0.25, 0.3) is 0 Å². The van der Waals surface area contributed by atoms with Crippen LogP contribution in [0.3, 0.4) is 0 Å². The molecule has 0 radical (unpaired) electrons. The molecule has 1 aromatic rings. The lowest BCUT2D eigenvalue weighted by Crippen LogP contribution is -2.54. The molecule has 1 aliphatic heterocycles. The van der Waals surface area contributed by atoms with Gasteiger partial charge in [0.15, 0.2) is 0 Å². The van der Waals surface area contributed by atoms with Crippen molar-refractivity contribution in [1.82, 2.24) is 15.2 Å².